The monoisotopic (exact) mass is 257 g/mol. The molecule has 0 bridgehead atoms. The van der Waals surface area contributed by atoms with Crippen molar-refractivity contribution in [2.45, 2.75) is 53.0 Å². The van der Waals surface area contributed by atoms with Crippen LogP contribution in [0, 0.1) is 0 Å². The minimum Gasteiger partial charge on any atom is -0.315 e. The molecule has 0 heterocycles. The van der Waals surface area contributed by atoms with Crippen LogP contribution >= 0.6 is 9.90 Å². The van der Waals surface area contributed by atoms with Crippen molar-refractivity contribution in [3.63, 3.8) is 0 Å². The number of rotatable bonds is 5. The highest BCUT2D eigenvalue weighted by Crippen LogP contribution is 2.19. The second-order valence-corrected chi connectivity index (χ2v) is 4.01. The predicted octanol–water partition coefficient (Wildman–Crippen LogP) is 4.51. The first kappa shape index (κ1) is 19.0. The van der Waals surface area contributed by atoms with Gasteiger partial charge in [-0.3, -0.25) is 0 Å². The second kappa shape index (κ2) is 12.1. The largest absolute Gasteiger partial charge is 0.315 e. The highest BCUT2D eigenvalue weighted by atomic mass is 31.0. The quantitative estimate of drug-likeness (QED) is 0.765. The first-order chi connectivity index (χ1) is 7.74. The van der Waals surface area contributed by atoms with E-state index < -0.39 is 0 Å². The maximum atomic E-state index is 3.45. The van der Waals surface area contributed by atoms with Crippen LogP contribution in [0.15, 0.2) is 30.3 Å². The lowest BCUT2D eigenvalue weighted by Gasteiger charge is -2.18. The van der Waals surface area contributed by atoms with Crippen LogP contribution in [-0.2, 0) is 0 Å². The van der Waals surface area contributed by atoms with Crippen molar-refractivity contribution in [2.24, 2.45) is 0 Å². The number of hydrogen-bond donors (Lipinski definition) is 1. The van der Waals surface area contributed by atoms with Crippen molar-refractivity contribution in [1.82, 2.24) is 5.32 Å². The van der Waals surface area contributed by atoms with E-state index >= 15 is 0 Å². The molecule has 0 aliphatic rings. The summed E-state index contributed by atoms with van der Waals surface area (Å²) in [6.07, 6.45) is 1.21. The first-order valence-electron chi connectivity index (χ1n) is 6.52. The smallest absolute Gasteiger partial charge is 0.00443 e. The maximum absolute atomic E-state index is 3.45. The fraction of sp³-hybridized carbons (Fsp3) is 0.600. The highest BCUT2D eigenvalue weighted by molar-refractivity contribution is 6.92. The molecule has 1 aromatic rings. The Bertz CT molecular complexity index is 254. The van der Waals surface area contributed by atoms with Gasteiger partial charge in [-0.2, -0.15) is 9.90 Å². The number of benzene rings is 1. The van der Waals surface area contributed by atoms with Crippen molar-refractivity contribution in [1.29, 1.82) is 0 Å². The Balaban J connectivity index is -0.000000534. The number of nitrogens with one attached hydrogen (secondary N) is 1. The van der Waals surface area contributed by atoms with E-state index in [0.29, 0.717) is 12.0 Å². The third-order valence-corrected chi connectivity index (χ3v) is 2.63. The minimum absolute atomic E-state index is 0. The van der Waals surface area contributed by atoms with Crippen molar-refractivity contribution >= 4 is 9.90 Å². The molecule has 0 aliphatic carbocycles. The molecule has 0 spiro atoms. The molecule has 102 valence electrons. The Morgan fingerprint density at radius 3 is 2.12 bits per heavy atom. The lowest BCUT2D eigenvalue weighted by atomic mass is 9.94. The highest BCUT2D eigenvalue weighted by Gasteiger charge is 2.08. The second-order valence-electron chi connectivity index (χ2n) is 4.01. The Morgan fingerprint density at radius 2 is 1.65 bits per heavy atom. The van der Waals surface area contributed by atoms with Crippen molar-refractivity contribution in [3.8, 4) is 0 Å². The van der Waals surface area contributed by atoms with Gasteiger partial charge in [0.25, 0.3) is 0 Å². The van der Waals surface area contributed by atoms with E-state index in [1.54, 1.807) is 0 Å². The lowest BCUT2D eigenvalue weighted by Crippen LogP contribution is -2.26. The summed E-state index contributed by atoms with van der Waals surface area (Å²) in [4.78, 5) is 0. The van der Waals surface area contributed by atoms with Gasteiger partial charge in [0, 0.05) is 7.47 Å². The molecule has 3 unspecified atom stereocenters. The zero-order valence-corrected chi connectivity index (χ0v) is 13.6. The van der Waals surface area contributed by atoms with E-state index in [1.807, 2.05) is 13.8 Å². The SMILES string of the molecule is CC.CCNC(C)CC(C)c1ccccc1.P.[HH]. The molecule has 0 radical (unpaired) electrons. The molecule has 0 fully saturated rings. The van der Waals surface area contributed by atoms with E-state index in [-0.39, 0.29) is 11.3 Å². The van der Waals surface area contributed by atoms with Crippen LogP contribution in [-0.4, -0.2) is 12.6 Å². The average molecular weight is 257 g/mol. The Hall–Kier alpha value is -0.390. The van der Waals surface area contributed by atoms with Gasteiger partial charge >= 0.3 is 0 Å². The summed E-state index contributed by atoms with van der Waals surface area (Å²) in [7, 11) is 0. The van der Waals surface area contributed by atoms with E-state index in [1.165, 1.54) is 12.0 Å². The Morgan fingerprint density at radius 1 is 1.12 bits per heavy atom. The van der Waals surface area contributed by atoms with Crippen molar-refractivity contribution < 1.29 is 1.43 Å². The molecule has 0 aromatic heterocycles. The molecule has 3 atom stereocenters. The first-order valence-corrected chi connectivity index (χ1v) is 6.52. The van der Waals surface area contributed by atoms with Gasteiger partial charge in [-0.25, -0.2) is 0 Å². The van der Waals surface area contributed by atoms with E-state index in [0.717, 1.165) is 6.54 Å². The molecule has 0 saturated carbocycles. The van der Waals surface area contributed by atoms with E-state index in [9.17, 15) is 0 Å². The van der Waals surface area contributed by atoms with Crippen molar-refractivity contribution in [2.75, 3.05) is 6.54 Å². The van der Waals surface area contributed by atoms with Crippen LogP contribution in [0.5, 0.6) is 0 Å². The summed E-state index contributed by atoms with van der Waals surface area (Å²) >= 11 is 0. The topological polar surface area (TPSA) is 12.0 Å². The van der Waals surface area contributed by atoms with Gasteiger partial charge in [0.05, 0.1) is 0 Å². The van der Waals surface area contributed by atoms with Crippen molar-refractivity contribution in [3.05, 3.63) is 35.9 Å². The molecule has 1 N–H and O–H groups in total. The Labute approximate surface area is 113 Å². The lowest BCUT2D eigenvalue weighted by molar-refractivity contribution is 0.491. The van der Waals surface area contributed by atoms with Crippen LogP contribution in [0.4, 0.5) is 0 Å². The van der Waals surface area contributed by atoms with E-state index in [2.05, 4.69) is 56.4 Å². The molecule has 17 heavy (non-hydrogen) atoms. The molecule has 1 aromatic carbocycles. The molecule has 0 aliphatic heterocycles. The summed E-state index contributed by atoms with van der Waals surface area (Å²) in [6.45, 7) is 11.8. The molecule has 0 amide bonds. The molecule has 0 saturated heterocycles. The van der Waals surface area contributed by atoms with Gasteiger partial charge in [0.2, 0.25) is 0 Å². The van der Waals surface area contributed by atoms with Crippen LogP contribution in [0.25, 0.3) is 0 Å². The number of hydrogen-bond acceptors (Lipinski definition) is 1. The van der Waals surface area contributed by atoms with Crippen LogP contribution < -0.4 is 5.32 Å². The molecular weight excluding hydrogens is 225 g/mol. The fourth-order valence-corrected chi connectivity index (χ4v) is 1.88. The maximum Gasteiger partial charge on any atom is 0.00443 e. The van der Waals surface area contributed by atoms with Gasteiger partial charge < -0.3 is 5.32 Å². The normalized spacial score (nSPS) is 12.8. The third-order valence-electron chi connectivity index (χ3n) is 2.63. The summed E-state index contributed by atoms with van der Waals surface area (Å²) in [5.74, 6) is 0.644. The van der Waals surface area contributed by atoms with Gasteiger partial charge in [0.15, 0.2) is 0 Å². The van der Waals surface area contributed by atoms with Crippen LogP contribution in [0.1, 0.15) is 53.9 Å². The molecular formula is C15H32NP. The van der Waals surface area contributed by atoms with Gasteiger partial charge in [-0.1, -0.05) is 58.0 Å². The molecule has 1 rings (SSSR count). The molecule has 2 heteroatoms. The minimum atomic E-state index is 0. The predicted molar refractivity (Wildman–Crippen MR) is 87.2 cm³/mol. The van der Waals surface area contributed by atoms with Gasteiger partial charge in [-0.15, -0.1) is 0 Å². The average Bonchev–Trinajstić information content (AvgIpc) is 2.33. The van der Waals surface area contributed by atoms with E-state index in [4.69, 9.17) is 0 Å². The van der Waals surface area contributed by atoms with Gasteiger partial charge in [-0.05, 0) is 31.4 Å². The standard InChI is InChI=1S/C13H21N.C2H6.H3P.H2/c1-4-14-12(3)10-11(2)13-8-6-5-7-9-13;1-2;;/h5-9,11-12,14H,4,10H2,1-3H3;1-2H3;1H3;1H. The summed E-state index contributed by atoms with van der Waals surface area (Å²) in [5.41, 5.74) is 1.44. The summed E-state index contributed by atoms with van der Waals surface area (Å²) < 4.78 is 0. The third kappa shape index (κ3) is 8.35. The Kier molecular flexibility index (Phi) is 13.5. The van der Waals surface area contributed by atoms with Crippen LogP contribution in [0.2, 0.25) is 0 Å². The zero-order chi connectivity index (χ0) is 12.4. The summed E-state index contributed by atoms with van der Waals surface area (Å²) in [5, 5.41) is 3.45. The summed E-state index contributed by atoms with van der Waals surface area (Å²) in [6, 6.07) is 11.3. The van der Waals surface area contributed by atoms with Crippen LogP contribution in [0.3, 0.4) is 0 Å². The zero-order valence-electron chi connectivity index (χ0n) is 12.2. The fourth-order valence-electron chi connectivity index (χ4n) is 1.88. The molecule has 1 nitrogen and oxygen atoms in total. The van der Waals surface area contributed by atoms with Gasteiger partial charge in [0.1, 0.15) is 0 Å².